The largest absolute Gasteiger partial charge is 0.496 e. The number of pyridine rings is 1. The molecule has 0 bridgehead atoms. The summed E-state index contributed by atoms with van der Waals surface area (Å²) in [7, 11) is 1.43. The van der Waals surface area contributed by atoms with Crippen molar-refractivity contribution in [3.8, 4) is 5.75 Å². The molecule has 1 heterocycles. The minimum Gasteiger partial charge on any atom is -0.496 e. The van der Waals surface area contributed by atoms with Crippen molar-refractivity contribution in [2.75, 3.05) is 7.11 Å². The SMILES string of the molecule is COc1cc(C(F)F)nc(Br)c1CBr. The second kappa shape index (κ2) is 5.02. The van der Waals surface area contributed by atoms with E-state index in [0.717, 1.165) is 5.56 Å². The van der Waals surface area contributed by atoms with Crippen molar-refractivity contribution in [1.82, 2.24) is 4.98 Å². The average Bonchev–Trinajstić information content (AvgIpc) is 2.16. The standard InChI is InChI=1S/C8H7Br2F2NO/c1-14-6-2-5(8(11)12)13-7(10)4(6)3-9/h2,8H,3H2,1H3. The molecule has 0 atom stereocenters. The van der Waals surface area contributed by atoms with Gasteiger partial charge < -0.3 is 4.74 Å². The Kier molecular flexibility index (Phi) is 4.25. The van der Waals surface area contributed by atoms with Gasteiger partial charge in [0, 0.05) is 17.0 Å². The van der Waals surface area contributed by atoms with Crippen LogP contribution in [0.3, 0.4) is 0 Å². The summed E-state index contributed by atoms with van der Waals surface area (Å²) < 4.78 is 30.1. The zero-order valence-electron chi connectivity index (χ0n) is 7.23. The van der Waals surface area contributed by atoms with Crippen LogP contribution in [0.2, 0.25) is 0 Å². The lowest BCUT2D eigenvalue weighted by atomic mass is 10.2. The Morgan fingerprint density at radius 1 is 1.57 bits per heavy atom. The van der Waals surface area contributed by atoms with Crippen LogP contribution in [0.4, 0.5) is 8.78 Å². The number of alkyl halides is 3. The van der Waals surface area contributed by atoms with Crippen molar-refractivity contribution < 1.29 is 13.5 Å². The number of halogens is 4. The van der Waals surface area contributed by atoms with Gasteiger partial charge in [-0.25, -0.2) is 13.8 Å². The Balaban J connectivity index is 3.24. The third kappa shape index (κ3) is 2.42. The zero-order chi connectivity index (χ0) is 10.7. The van der Waals surface area contributed by atoms with Gasteiger partial charge in [0.1, 0.15) is 16.0 Å². The second-order valence-corrected chi connectivity index (χ2v) is 3.76. The van der Waals surface area contributed by atoms with Crippen LogP contribution in [0, 0.1) is 0 Å². The van der Waals surface area contributed by atoms with Gasteiger partial charge in [0.2, 0.25) is 0 Å². The van der Waals surface area contributed by atoms with Crippen LogP contribution in [-0.2, 0) is 5.33 Å². The number of hydrogen-bond donors (Lipinski definition) is 0. The number of aromatic nitrogens is 1. The fourth-order valence-corrected chi connectivity index (χ4v) is 2.41. The van der Waals surface area contributed by atoms with Crippen LogP contribution in [-0.4, -0.2) is 12.1 Å². The molecule has 6 heteroatoms. The van der Waals surface area contributed by atoms with E-state index >= 15 is 0 Å². The molecule has 0 amide bonds. The smallest absolute Gasteiger partial charge is 0.280 e. The molecule has 0 aliphatic rings. The van der Waals surface area contributed by atoms with Crippen molar-refractivity contribution in [3.63, 3.8) is 0 Å². The van der Waals surface area contributed by atoms with Gasteiger partial charge in [-0.15, -0.1) is 0 Å². The van der Waals surface area contributed by atoms with Crippen LogP contribution in [0.1, 0.15) is 17.7 Å². The first-order chi connectivity index (χ1) is 6.60. The molecule has 0 aliphatic carbocycles. The molecule has 1 rings (SSSR count). The molecule has 2 nitrogen and oxygen atoms in total. The maximum atomic E-state index is 12.3. The summed E-state index contributed by atoms with van der Waals surface area (Å²) in [6, 6.07) is 1.24. The summed E-state index contributed by atoms with van der Waals surface area (Å²) >= 11 is 6.34. The first-order valence-electron chi connectivity index (χ1n) is 3.67. The van der Waals surface area contributed by atoms with E-state index in [1.807, 2.05) is 0 Å². The maximum Gasteiger partial charge on any atom is 0.280 e. The Morgan fingerprint density at radius 3 is 2.64 bits per heavy atom. The van der Waals surface area contributed by atoms with Gasteiger partial charge in [0.15, 0.2) is 0 Å². The summed E-state index contributed by atoms with van der Waals surface area (Å²) in [6.45, 7) is 0. The molecule has 0 unspecified atom stereocenters. The molecule has 1 aromatic heterocycles. The Bertz CT molecular complexity index is 333. The van der Waals surface area contributed by atoms with Crippen LogP contribution < -0.4 is 4.74 Å². The molecular weight excluding hydrogens is 324 g/mol. The molecule has 1 aromatic rings. The third-order valence-electron chi connectivity index (χ3n) is 1.63. The van der Waals surface area contributed by atoms with Gasteiger partial charge in [-0.3, -0.25) is 0 Å². The highest BCUT2D eigenvalue weighted by molar-refractivity contribution is 9.10. The minimum atomic E-state index is -2.59. The Hall–Kier alpha value is -0.230. The lowest BCUT2D eigenvalue weighted by Crippen LogP contribution is -1.98. The number of rotatable bonds is 3. The molecule has 0 fully saturated rings. The summed E-state index contributed by atoms with van der Waals surface area (Å²) in [5.41, 5.74) is 0.426. The van der Waals surface area contributed by atoms with Gasteiger partial charge >= 0.3 is 0 Å². The topological polar surface area (TPSA) is 22.1 Å². The molecule has 0 saturated heterocycles. The highest BCUT2D eigenvalue weighted by Gasteiger charge is 2.15. The van der Waals surface area contributed by atoms with Crippen LogP contribution in [0.15, 0.2) is 10.7 Å². The fourth-order valence-electron chi connectivity index (χ4n) is 0.951. The summed E-state index contributed by atoms with van der Waals surface area (Å²) in [5.74, 6) is 0.402. The van der Waals surface area contributed by atoms with Gasteiger partial charge in [0.05, 0.1) is 7.11 Å². The van der Waals surface area contributed by atoms with E-state index in [2.05, 4.69) is 36.8 Å². The summed E-state index contributed by atoms with van der Waals surface area (Å²) in [5, 5.41) is 0.493. The molecule has 78 valence electrons. The highest BCUT2D eigenvalue weighted by Crippen LogP contribution is 2.31. The van der Waals surface area contributed by atoms with E-state index in [4.69, 9.17) is 4.74 Å². The zero-order valence-corrected chi connectivity index (χ0v) is 10.4. The van der Waals surface area contributed by atoms with E-state index in [-0.39, 0.29) is 5.69 Å². The van der Waals surface area contributed by atoms with E-state index in [9.17, 15) is 8.78 Å². The predicted octanol–water partition coefficient (Wildman–Crippen LogP) is 3.69. The molecule has 0 spiro atoms. The average molecular weight is 331 g/mol. The molecular formula is C8H7Br2F2NO. The van der Waals surface area contributed by atoms with Gasteiger partial charge in [-0.2, -0.15) is 0 Å². The number of nitrogens with zero attached hydrogens (tertiary/aromatic N) is 1. The van der Waals surface area contributed by atoms with Crippen LogP contribution in [0.5, 0.6) is 5.75 Å². The van der Waals surface area contributed by atoms with Crippen molar-refractivity contribution in [1.29, 1.82) is 0 Å². The number of hydrogen-bond acceptors (Lipinski definition) is 2. The quantitative estimate of drug-likeness (QED) is 0.623. The monoisotopic (exact) mass is 329 g/mol. The highest BCUT2D eigenvalue weighted by atomic mass is 79.9. The summed E-state index contributed by atoms with van der Waals surface area (Å²) in [4.78, 5) is 3.71. The lowest BCUT2D eigenvalue weighted by Gasteiger charge is -2.09. The summed E-state index contributed by atoms with van der Waals surface area (Å²) in [6.07, 6.45) is -2.59. The first-order valence-corrected chi connectivity index (χ1v) is 5.59. The molecule has 0 aromatic carbocycles. The number of ether oxygens (including phenoxy) is 1. The normalized spacial score (nSPS) is 10.7. The van der Waals surface area contributed by atoms with Crippen LogP contribution >= 0.6 is 31.9 Å². The van der Waals surface area contributed by atoms with Gasteiger partial charge in [0.25, 0.3) is 6.43 Å². The minimum absolute atomic E-state index is 0.293. The van der Waals surface area contributed by atoms with E-state index in [1.54, 1.807) is 0 Å². The lowest BCUT2D eigenvalue weighted by molar-refractivity contribution is 0.145. The van der Waals surface area contributed by atoms with E-state index < -0.39 is 6.43 Å². The molecule has 0 aliphatic heterocycles. The van der Waals surface area contributed by atoms with Gasteiger partial charge in [-0.1, -0.05) is 15.9 Å². The van der Waals surface area contributed by atoms with Crippen LogP contribution in [0.25, 0.3) is 0 Å². The van der Waals surface area contributed by atoms with E-state index in [0.29, 0.717) is 15.7 Å². The third-order valence-corrected chi connectivity index (χ3v) is 2.85. The Morgan fingerprint density at radius 2 is 2.21 bits per heavy atom. The fraction of sp³-hybridized carbons (Fsp3) is 0.375. The molecule has 14 heavy (non-hydrogen) atoms. The van der Waals surface area contributed by atoms with Crippen molar-refractivity contribution in [3.05, 3.63) is 21.9 Å². The maximum absolute atomic E-state index is 12.3. The van der Waals surface area contributed by atoms with Crippen molar-refractivity contribution in [2.45, 2.75) is 11.8 Å². The van der Waals surface area contributed by atoms with Crippen molar-refractivity contribution in [2.24, 2.45) is 0 Å². The molecule has 0 saturated carbocycles. The molecule has 0 radical (unpaired) electrons. The molecule has 0 N–H and O–H groups in total. The Labute approximate surface area is 96.9 Å². The van der Waals surface area contributed by atoms with Crippen molar-refractivity contribution >= 4 is 31.9 Å². The predicted molar refractivity (Wildman–Crippen MR) is 56.1 cm³/mol. The van der Waals surface area contributed by atoms with E-state index in [1.165, 1.54) is 13.2 Å². The second-order valence-electron chi connectivity index (χ2n) is 2.45. The number of methoxy groups -OCH3 is 1. The van der Waals surface area contributed by atoms with Gasteiger partial charge in [-0.05, 0) is 15.9 Å². The first kappa shape index (κ1) is 11.8.